The highest BCUT2D eigenvalue weighted by Gasteiger charge is 2.09. The van der Waals surface area contributed by atoms with Gasteiger partial charge in [-0.3, -0.25) is 9.36 Å². The monoisotopic (exact) mass is 320 g/mol. The van der Waals surface area contributed by atoms with Crippen LogP contribution in [0.25, 0.3) is 10.9 Å². The average molecular weight is 320 g/mol. The SMILES string of the molecule is CC/C(=N/Nc1nc2ccccc2c(=O)n1CC)c1ccccc1. The van der Waals surface area contributed by atoms with Gasteiger partial charge in [0.05, 0.1) is 16.6 Å². The van der Waals surface area contributed by atoms with Gasteiger partial charge >= 0.3 is 0 Å². The van der Waals surface area contributed by atoms with Crippen molar-refractivity contribution in [2.75, 3.05) is 5.43 Å². The van der Waals surface area contributed by atoms with Crippen molar-refractivity contribution in [2.45, 2.75) is 26.8 Å². The highest BCUT2D eigenvalue weighted by molar-refractivity contribution is 6.00. The Morgan fingerprint density at radius 2 is 1.79 bits per heavy atom. The van der Waals surface area contributed by atoms with Gasteiger partial charge in [-0.2, -0.15) is 5.10 Å². The van der Waals surface area contributed by atoms with E-state index in [-0.39, 0.29) is 5.56 Å². The van der Waals surface area contributed by atoms with Gasteiger partial charge < -0.3 is 0 Å². The summed E-state index contributed by atoms with van der Waals surface area (Å²) in [6.45, 7) is 4.50. The first-order valence-corrected chi connectivity index (χ1v) is 8.12. The molecule has 0 saturated heterocycles. The predicted molar refractivity (Wildman–Crippen MR) is 98.6 cm³/mol. The van der Waals surface area contributed by atoms with E-state index < -0.39 is 0 Å². The molecular formula is C19H20N4O. The van der Waals surface area contributed by atoms with E-state index in [2.05, 4.69) is 15.5 Å². The number of hydrazone groups is 1. The Morgan fingerprint density at radius 3 is 2.50 bits per heavy atom. The van der Waals surface area contributed by atoms with E-state index in [4.69, 9.17) is 0 Å². The molecule has 0 aliphatic heterocycles. The molecule has 0 aliphatic rings. The molecule has 0 unspecified atom stereocenters. The van der Waals surface area contributed by atoms with Crippen LogP contribution in [-0.2, 0) is 6.54 Å². The van der Waals surface area contributed by atoms with Crippen molar-refractivity contribution in [3.8, 4) is 0 Å². The first-order chi connectivity index (χ1) is 11.7. The molecular weight excluding hydrogens is 300 g/mol. The molecule has 0 spiro atoms. The Morgan fingerprint density at radius 1 is 1.08 bits per heavy atom. The normalized spacial score (nSPS) is 11.7. The molecule has 5 heteroatoms. The molecule has 0 saturated carbocycles. The predicted octanol–water partition coefficient (Wildman–Crippen LogP) is 3.64. The van der Waals surface area contributed by atoms with Crippen LogP contribution in [0.3, 0.4) is 0 Å². The van der Waals surface area contributed by atoms with Crippen LogP contribution in [-0.4, -0.2) is 15.3 Å². The standard InChI is InChI=1S/C19H20N4O/c1-3-16(14-10-6-5-7-11-14)21-22-19-20-17-13-9-8-12-15(17)18(24)23(19)4-2/h5-13H,3-4H2,1-2H3,(H,20,22)/b21-16-. The first-order valence-electron chi connectivity index (χ1n) is 8.12. The smallest absolute Gasteiger partial charge is 0.262 e. The van der Waals surface area contributed by atoms with Crippen molar-refractivity contribution < 1.29 is 0 Å². The van der Waals surface area contributed by atoms with Gasteiger partial charge in [0.25, 0.3) is 5.56 Å². The number of hydrogen-bond donors (Lipinski definition) is 1. The van der Waals surface area contributed by atoms with Crippen LogP contribution in [0.15, 0.2) is 64.5 Å². The molecule has 0 aliphatic carbocycles. The topological polar surface area (TPSA) is 59.3 Å². The second-order valence-electron chi connectivity index (χ2n) is 5.39. The molecule has 0 fully saturated rings. The van der Waals surface area contributed by atoms with E-state index >= 15 is 0 Å². The lowest BCUT2D eigenvalue weighted by Gasteiger charge is -2.12. The number of anilines is 1. The lowest BCUT2D eigenvalue weighted by Crippen LogP contribution is -2.23. The Kier molecular flexibility index (Phi) is 4.70. The maximum Gasteiger partial charge on any atom is 0.262 e. The summed E-state index contributed by atoms with van der Waals surface area (Å²) < 4.78 is 1.60. The molecule has 24 heavy (non-hydrogen) atoms. The summed E-state index contributed by atoms with van der Waals surface area (Å²) in [5.74, 6) is 0.461. The minimum atomic E-state index is -0.0569. The minimum absolute atomic E-state index is 0.0569. The second kappa shape index (κ2) is 7.08. The van der Waals surface area contributed by atoms with E-state index in [1.807, 2.05) is 62.4 Å². The van der Waals surface area contributed by atoms with Gasteiger partial charge in [-0.05, 0) is 31.0 Å². The lowest BCUT2D eigenvalue weighted by atomic mass is 10.1. The zero-order valence-corrected chi connectivity index (χ0v) is 13.9. The summed E-state index contributed by atoms with van der Waals surface area (Å²) in [6.07, 6.45) is 0.779. The van der Waals surface area contributed by atoms with Gasteiger partial charge in [0.2, 0.25) is 5.95 Å². The van der Waals surface area contributed by atoms with E-state index in [1.54, 1.807) is 10.6 Å². The zero-order chi connectivity index (χ0) is 16.9. The number of rotatable bonds is 5. The van der Waals surface area contributed by atoms with Crippen LogP contribution in [0, 0.1) is 0 Å². The minimum Gasteiger partial charge on any atom is -0.277 e. The fraction of sp³-hybridized carbons (Fsp3) is 0.211. The lowest BCUT2D eigenvalue weighted by molar-refractivity contribution is 0.724. The molecule has 3 aromatic rings. The van der Waals surface area contributed by atoms with Crippen molar-refractivity contribution in [3.05, 3.63) is 70.5 Å². The van der Waals surface area contributed by atoms with E-state index in [9.17, 15) is 4.79 Å². The van der Waals surface area contributed by atoms with Crippen LogP contribution >= 0.6 is 0 Å². The molecule has 122 valence electrons. The van der Waals surface area contributed by atoms with Gasteiger partial charge in [0.1, 0.15) is 0 Å². The number of nitrogens with one attached hydrogen (secondary N) is 1. The molecule has 1 heterocycles. The molecule has 0 bridgehead atoms. The van der Waals surface area contributed by atoms with Gasteiger partial charge in [0, 0.05) is 6.54 Å². The summed E-state index contributed by atoms with van der Waals surface area (Å²) in [7, 11) is 0. The maximum atomic E-state index is 12.6. The van der Waals surface area contributed by atoms with Gasteiger partial charge in [-0.15, -0.1) is 0 Å². The number of benzene rings is 2. The third-order valence-corrected chi connectivity index (χ3v) is 3.91. The summed E-state index contributed by atoms with van der Waals surface area (Å²) in [5.41, 5.74) is 5.57. The third kappa shape index (κ3) is 3.06. The van der Waals surface area contributed by atoms with E-state index in [0.717, 1.165) is 17.7 Å². The zero-order valence-electron chi connectivity index (χ0n) is 13.9. The molecule has 0 amide bonds. The molecule has 3 rings (SSSR count). The van der Waals surface area contributed by atoms with Gasteiger partial charge in [-0.25, -0.2) is 10.4 Å². The Balaban J connectivity index is 2.03. The van der Waals surface area contributed by atoms with Crippen molar-refractivity contribution in [1.82, 2.24) is 9.55 Å². The van der Waals surface area contributed by atoms with Crippen LogP contribution in [0.2, 0.25) is 0 Å². The molecule has 1 N–H and O–H groups in total. The van der Waals surface area contributed by atoms with Gasteiger partial charge in [0.15, 0.2) is 0 Å². The average Bonchev–Trinajstić information content (AvgIpc) is 2.63. The molecule has 1 aromatic heterocycles. The summed E-state index contributed by atoms with van der Waals surface area (Å²) in [4.78, 5) is 17.2. The van der Waals surface area contributed by atoms with Crippen molar-refractivity contribution in [1.29, 1.82) is 0 Å². The van der Waals surface area contributed by atoms with Crippen LogP contribution < -0.4 is 11.0 Å². The van der Waals surface area contributed by atoms with E-state index in [1.165, 1.54) is 0 Å². The number of para-hydroxylation sites is 1. The number of hydrogen-bond acceptors (Lipinski definition) is 4. The fourth-order valence-corrected chi connectivity index (χ4v) is 2.64. The van der Waals surface area contributed by atoms with Crippen molar-refractivity contribution in [2.24, 2.45) is 5.10 Å². The van der Waals surface area contributed by atoms with Crippen molar-refractivity contribution >= 4 is 22.6 Å². The molecule has 0 radical (unpaired) electrons. The van der Waals surface area contributed by atoms with Crippen LogP contribution in [0.5, 0.6) is 0 Å². The third-order valence-electron chi connectivity index (χ3n) is 3.91. The van der Waals surface area contributed by atoms with Crippen molar-refractivity contribution in [3.63, 3.8) is 0 Å². The Hall–Kier alpha value is -2.95. The second-order valence-corrected chi connectivity index (χ2v) is 5.39. The van der Waals surface area contributed by atoms with Crippen LogP contribution in [0.4, 0.5) is 5.95 Å². The highest BCUT2D eigenvalue weighted by Crippen LogP contribution is 2.12. The fourth-order valence-electron chi connectivity index (χ4n) is 2.64. The molecule has 2 aromatic carbocycles. The first kappa shape index (κ1) is 15.9. The van der Waals surface area contributed by atoms with Crippen LogP contribution in [0.1, 0.15) is 25.8 Å². The summed E-state index contributed by atoms with van der Waals surface area (Å²) in [6, 6.07) is 17.3. The number of aromatic nitrogens is 2. The Labute approximate surface area is 140 Å². The van der Waals surface area contributed by atoms with E-state index in [0.29, 0.717) is 23.4 Å². The molecule has 0 atom stereocenters. The van der Waals surface area contributed by atoms with Gasteiger partial charge in [-0.1, -0.05) is 49.4 Å². The Bertz CT molecular complexity index is 929. The number of nitrogens with zero attached hydrogens (tertiary/aromatic N) is 3. The molecule has 5 nitrogen and oxygen atoms in total. The maximum absolute atomic E-state index is 12.6. The highest BCUT2D eigenvalue weighted by atomic mass is 16.1. The summed E-state index contributed by atoms with van der Waals surface area (Å²) in [5, 5.41) is 5.10. The number of fused-ring (bicyclic) bond motifs is 1. The quantitative estimate of drug-likeness (QED) is 0.577. The summed E-state index contributed by atoms with van der Waals surface area (Å²) >= 11 is 0. The largest absolute Gasteiger partial charge is 0.277 e.